The molecule has 0 atom stereocenters. The molecule has 3 rings (SSSR count). The maximum Gasteiger partial charge on any atom is 0.234 e. The van der Waals surface area contributed by atoms with Crippen molar-refractivity contribution in [1.29, 1.82) is 0 Å². The molecular formula is C19H21ClN2O3. The minimum atomic E-state index is -0.0194. The molecule has 6 heteroatoms. The van der Waals surface area contributed by atoms with Gasteiger partial charge in [-0.25, -0.2) is 0 Å². The first-order chi connectivity index (χ1) is 12.2. The number of hydrogen-bond donors (Lipinski definition) is 1. The van der Waals surface area contributed by atoms with Crippen molar-refractivity contribution < 1.29 is 14.3 Å². The molecule has 25 heavy (non-hydrogen) atoms. The summed E-state index contributed by atoms with van der Waals surface area (Å²) in [7, 11) is 0. The van der Waals surface area contributed by atoms with Gasteiger partial charge in [0, 0.05) is 23.7 Å². The first kappa shape index (κ1) is 17.6. The zero-order chi connectivity index (χ0) is 17.5. The van der Waals surface area contributed by atoms with E-state index in [9.17, 15) is 4.79 Å². The van der Waals surface area contributed by atoms with Crippen LogP contribution in [0.2, 0.25) is 5.02 Å². The summed E-state index contributed by atoms with van der Waals surface area (Å²) >= 11 is 5.90. The average molecular weight is 361 g/mol. The van der Waals surface area contributed by atoms with Gasteiger partial charge in [-0.05, 0) is 24.3 Å². The highest BCUT2D eigenvalue weighted by Crippen LogP contribution is 2.22. The van der Waals surface area contributed by atoms with Gasteiger partial charge in [-0.15, -0.1) is 0 Å². The zero-order valence-electron chi connectivity index (χ0n) is 13.9. The summed E-state index contributed by atoms with van der Waals surface area (Å²) < 4.78 is 11.3. The van der Waals surface area contributed by atoms with Gasteiger partial charge >= 0.3 is 0 Å². The molecule has 0 saturated carbocycles. The molecule has 1 N–H and O–H groups in total. The average Bonchev–Trinajstić information content (AvgIpc) is 2.80. The number of carbonyl (C=O) groups is 1. The van der Waals surface area contributed by atoms with E-state index in [0.29, 0.717) is 43.6 Å². The van der Waals surface area contributed by atoms with Gasteiger partial charge in [-0.3, -0.25) is 9.69 Å². The number of nitrogens with zero attached hydrogens (tertiary/aromatic N) is 1. The second-order valence-corrected chi connectivity index (χ2v) is 6.26. The SMILES string of the molecule is O=C(CN1CCOc2ccccc2C1)NCCOc1cccc(Cl)c1. The number of halogens is 1. The third kappa shape index (κ3) is 5.37. The fourth-order valence-electron chi connectivity index (χ4n) is 2.69. The Morgan fingerprint density at radius 3 is 3.00 bits per heavy atom. The van der Waals surface area contributed by atoms with E-state index in [2.05, 4.69) is 10.2 Å². The third-order valence-corrected chi connectivity index (χ3v) is 4.12. The molecule has 132 valence electrons. The fraction of sp³-hybridized carbons (Fsp3) is 0.316. The topological polar surface area (TPSA) is 50.8 Å². The number of carbonyl (C=O) groups excluding carboxylic acids is 1. The minimum absolute atomic E-state index is 0.0194. The minimum Gasteiger partial charge on any atom is -0.492 e. The highest BCUT2D eigenvalue weighted by atomic mass is 35.5. The van der Waals surface area contributed by atoms with E-state index in [-0.39, 0.29) is 5.91 Å². The van der Waals surface area contributed by atoms with Crippen LogP contribution in [0.15, 0.2) is 48.5 Å². The molecule has 0 radical (unpaired) electrons. The summed E-state index contributed by atoms with van der Waals surface area (Å²) in [5, 5.41) is 3.51. The van der Waals surface area contributed by atoms with E-state index in [1.165, 1.54) is 0 Å². The second-order valence-electron chi connectivity index (χ2n) is 5.82. The molecule has 0 unspecified atom stereocenters. The summed E-state index contributed by atoms with van der Waals surface area (Å²) in [4.78, 5) is 14.2. The van der Waals surface area contributed by atoms with E-state index in [0.717, 1.165) is 17.9 Å². The first-order valence-corrected chi connectivity index (χ1v) is 8.66. The van der Waals surface area contributed by atoms with Crippen LogP contribution in [-0.4, -0.2) is 43.7 Å². The smallest absolute Gasteiger partial charge is 0.234 e. The lowest BCUT2D eigenvalue weighted by Crippen LogP contribution is -2.39. The van der Waals surface area contributed by atoms with E-state index >= 15 is 0 Å². The normalized spacial score (nSPS) is 14.1. The predicted molar refractivity (Wildman–Crippen MR) is 97.2 cm³/mol. The van der Waals surface area contributed by atoms with Crippen molar-refractivity contribution in [1.82, 2.24) is 10.2 Å². The Morgan fingerprint density at radius 2 is 2.12 bits per heavy atom. The fourth-order valence-corrected chi connectivity index (χ4v) is 2.87. The molecule has 1 aliphatic rings. The Kier molecular flexibility index (Phi) is 6.14. The van der Waals surface area contributed by atoms with Crippen LogP contribution in [0, 0.1) is 0 Å². The van der Waals surface area contributed by atoms with Crippen LogP contribution in [0.5, 0.6) is 11.5 Å². The van der Waals surface area contributed by atoms with Crippen LogP contribution in [-0.2, 0) is 11.3 Å². The molecule has 0 aromatic heterocycles. The van der Waals surface area contributed by atoms with Crippen molar-refractivity contribution in [2.45, 2.75) is 6.54 Å². The van der Waals surface area contributed by atoms with Gasteiger partial charge in [-0.1, -0.05) is 35.9 Å². The summed E-state index contributed by atoms with van der Waals surface area (Å²) in [5.41, 5.74) is 1.11. The molecule has 1 amide bonds. The molecule has 2 aromatic carbocycles. The number of ether oxygens (including phenoxy) is 2. The lowest BCUT2D eigenvalue weighted by Gasteiger charge is -2.18. The highest BCUT2D eigenvalue weighted by molar-refractivity contribution is 6.30. The standard InChI is InChI=1S/C19H21ClN2O3/c20-16-5-3-6-17(12-16)24-10-8-21-19(23)14-22-9-11-25-18-7-2-1-4-15(18)13-22/h1-7,12H,8-11,13-14H2,(H,21,23). The van der Waals surface area contributed by atoms with Crippen molar-refractivity contribution in [2.24, 2.45) is 0 Å². The van der Waals surface area contributed by atoms with Gasteiger partial charge < -0.3 is 14.8 Å². The second kappa shape index (κ2) is 8.74. The highest BCUT2D eigenvalue weighted by Gasteiger charge is 2.17. The number of fused-ring (bicyclic) bond motifs is 1. The first-order valence-electron chi connectivity index (χ1n) is 8.29. The largest absolute Gasteiger partial charge is 0.492 e. The lowest BCUT2D eigenvalue weighted by atomic mass is 10.2. The number of benzene rings is 2. The van der Waals surface area contributed by atoms with Crippen LogP contribution in [0.3, 0.4) is 0 Å². The Balaban J connectivity index is 1.40. The summed E-state index contributed by atoms with van der Waals surface area (Å²) in [6.45, 7) is 3.21. The van der Waals surface area contributed by atoms with Crippen LogP contribution in [0.1, 0.15) is 5.56 Å². The van der Waals surface area contributed by atoms with E-state index in [4.69, 9.17) is 21.1 Å². The van der Waals surface area contributed by atoms with Crippen molar-refractivity contribution in [3.05, 3.63) is 59.1 Å². The maximum absolute atomic E-state index is 12.1. The van der Waals surface area contributed by atoms with Crippen molar-refractivity contribution in [2.75, 3.05) is 32.8 Å². The lowest BCUT2D eigenvalue weighted by molar-refractivity contribution is -0.122. The molecule has 0 bridgehead atoms. The molecule has 0 spiro atoms. The number of nitrogens with one attached hydrogen (secondary N) is 1. The van der Waals surface area contributed by atoms with Gasteiger partial charge in [0.15, 0.2) is 0 Å². The quantitative estimate of drug-likeness (QED) is 0.805. The summed E-state index contributed by atoms with van der Waals surface area (Å²) in [5.74, 6) is 1.58. The van der Waals surface area contributed by atoms with E-state index in [1.54, 1.807) is 12.1 Å². The Morgan fingerprint density at radius 1 is 1.24 bits per heavy atom. The monoisotopic (exact) mass is 360 g/mol. The number of rotatable bonds is 6. The Bertz CT molecular complexity index is 723. The van der Waals surface area contributed by atoms with Crippen molar-refractivity contribution in [3.8, 4) is 11.5 Å². The van der Waals surface area contributed by atoms with Crippen LogP contribution in [0.4, 0.5) is 0 Å². The number of hydrogen-bond acceptors (Lipinski definition) is 4. The molecular weight excluding hydrogens is 340 g/mol. The van der Waals surface area contributed by atoms with Crippen molar-refractivity contribution in [3.63, 3.8) is 0 Å². The predicted octanol–water partition coefficient (Wildman–Crippen LogP) is 2.73. The molecule has 0 saturated heterocycles. The number of amides is 1. The third-order valence-electron chi connectivity index (χ3n) is 3.89. The van der Waals surface area contributed by atoms with Gasteiger partial charge in [-0.2, -0.15) is 0 Å². The molecule has 1 heterocycles. The van der Waals surface area contributed by atoms with Gasteiger partial charge in [0.25, 0.3) is 0 Å². The summed E-state index contributed by atoms with van der Waals surface area (Å²) in [6, 6.07) is 15.1. The molecule has 0 aliphatic carbocycles. The molecule has 5 nitrogen and oxygen atoms in total. The number of para-hydroxylation sites is 1. The van der Waals surface area contributed by atoms with Gasteiger partial charge in [0.05, 0.1) is 13.1 Å². The summed E-state index contributed by atoms with van der Waals surface area (Å²) in [6.07, 6.45) is 0. The van der Waals surface area contributed by atoms with Crippen LogP contribution < -0.4 is 14.8 Å². The van der Waals surface area contributed by atoms with E-state index in [1.807, 2.05) is 36.4 Å². The molecule has 0 fully saturated rings. The maximum atomic E-state index is 12.1. The Labute approximate surface area is 152 Å². The van der Waals surface area contributed by atoms with E-state index < -0.39 is 0 Å². The van der Waals surface area contributed by atoms with Crippen LogP contribution in [0.25, 0.3) is 0 Å². The van der Waals surface area contributed by atoms with Crippen molar-refractivity contribution >= 4 is 17.5 Å². The van der Waals surface area contributed by atoms with Gasteiger partial charge in [0.2, 0.25) is 5.91 Å². The van der Waals surface area contributed by atoms with Gasteiger partial charge in [0.1, 0.15) is 24.7 Å². The zero-order valence-corrected chi connectivity index (χ0v) is 14.7. The van der Waals surface area contributed by atoms with Crippen LogP contribution >= 0.6 is 11.6 Å². The molecule has 2 aromatic rings. The molecule has 1 aliphatic heterocycles. The Hall–Kier alpha value is -2.24.